The van der Waals surface area contributed by atoms with Crippen LogP contribution in [0.2, 0.25) is 5.02 Å². The molecule has 6 heteroatoms. The Morgan fingerprint density at radius 1 is 1.45 bits per heavy atom. The van der Waals surface area contributed by atoms with E-state index in [0.717, 1.165) is 30.3 Å². The molecule has 1 N–H and O–H groups in total. The topological polar surface area (TPSA) is 45.6 Å². The lowest BCUT2D eigenvalue weighted by molar-refractivity contribution is -0.0301. The predicted octanol–water partition coefficient (Wildman–Crippen LogP) is 3.12. The number of nitrogens with zero attached hydrogens (tertiary/aromatic N) is 2. The van der Waals surface area contributed by atoms with Crippen molar-refractivity contribution < 1.29 is 9.84 Å². The summed E-state index contributed by atoms with van der Waals surface area (Å²) in [7, 11) is 0. The molecular weight excluding hydrogens is 320 g/mol. The van der Waals surface area contributed by atoms with E-state index in [1.165, 1.54) is 0 Å². The molecule has 2 aromatic heterocycles. The van der Waals surface area contributed by atoms with Crippen LogP contribution in [0.1, 0.15) is 23.1 Å². The van der Waals surface area contributed by atoms with Gasteiger partial charge in [-0.2, -0.15) is 0 Å². The number of aliphatic hydroxyl groups excluding tert-OH is 1. The Balaban J connectivity index is 1.64. The highest BCUT2D eigenvalue weighted by Crippen LogP contribution is 2.26. The maximum absolute atomic E-state index is 10.4. The van der Waals surface area contributed by atoms with Gasteiger partial charge in [0.2, 0.25) is 0 Å². The van der Waals surface area contributed by atoms with E-state index in [4.69, 9.17) is 16.3 Å². The van der Waals surface area contributed by atoms with Gasteiger partial charge in [-0.1, -0.05) is 17.7 Å². The van der Waals surface area contributed by atoms with Crippen molar-refractivity contribution in [3.05, 3.63) is 51.4 Å². The molecule has 0 radical (unpaired) electrons. The minimum atomic E-state index is -0.438. The van der Waals surface area contributed by atoms with Crippen molar-refractivity contribution in [2.45, 2.75) is 25.1 Å². The summed E-state index contributed by atoms with van der Waals surface area (Å²) in [5, 5.41) is 13.0. The molecule has 1 saturated heterocycles. The van der Waals surface area contributed by atoms with Crippen LogP contribution in [0, 0.1) is 0 Å². The van der Waals surface area contributed by atoms with Crippen LogP contribution in [-0.4, -0.2) is 40.8 Å². The fourth-order valence-corrected chi connectivity index (χ4v) is 3.51. The largest absolute Gasteiger partial charge is 0.388 e. The van der Waals surface area contributed by atoms with Gasteiger partial charge in [0.1, 0.15) is 0 Å². The van der Waals surface area contributed by atoms with Gasteiger partial charge < -0.3 is 9.84 Å². The van der Waals surface area contributed by atoms with Crippen LogP contribution in [0.3, 0.4) is 0 Å². The molecule has 3 heterocycles. The minimum absolute atomic E-state index is 0.198. The fraction of sp³-hybridized carbons (Fsp3) is 0.438. The summed E-state index contributed by atoms with van der Waals surface area (Å²) in [5.74, 6) is 0. The first-order valence-corrected chi connectivity index (χ1v) is 8.62. The summed E-state index contributed by atoms with van der Waals surface area (Å²) in [5.41, 5.74) is 0.988. The van der Waals surface area contributed by atoms with Crippen LogP contribution >= 0.6 is 22.9 Å². The monoisotopic (exact) mass is 338 g/mol. The second kappa shape index (κ2) is 7.53. The molecule has 1 aliphatic rings. The number of morpholine rings is 1. The van der Waals surface area contributed by atoms with Crippen LogP contribution in [-0.2, 0) is 11.3 Å². The number of ether oxygens (including phenoxy) is 1. The smallest absolute Gasteiger partial charge is 0.0897 e. The maximum Gasteiger partial charge on any atom is 0.0897 e. The number of aliphatic hydroxyl groups is 1. The Morgan fingerprint density at radius 2 is 2.36 bits per heavy atom. The normalized spacial score (nSPS) is 20.9. The Hall–Kier alpha value is -0.980. The Labute approximate surface area is 139 Å². The van der Waals surface area contributed by atoms with Gasteiger partial charge in [-0.05, 0) is 30.0 Å². The van der Waals surface area contributed by atoms with E-state index in [2.05, 4.69) is 9.88 Å². The quantitative estimate of drug-likeness (QED) is 0.909. The van der Waals surface area contributed by atoms with Gasteiger partial charge in [-0.25, -0.2) is 0 Å². The Morgan fingerprint density at radius 3 is 3.09 bits per heavy atom. The van der Waals surface area contributed by atoms with E-state index in [-0.39, 0.29) is 6.04 Å². The van der Waals surface area contributed by atoms with Crippen LogP contribution in [0.4, 0.5) is 0 Å². The average Bonchev–Trinajstić information content (AvgIpc) is 3.06. The van der Waals surface area contributed by atoms with Crippen molar-refractivity contribution in [1.29, 1.82) is 0 Å². The first-order chi connectivity index (χ1) is 10.7. The third-order valence-corrected chi connectivity index (χ3v) is 5.07. The highest BCUT2D eigenvalue weighted by Gasteiger charge is 2.26. The molecule has 0 amide bonds. The number of thiophene rings is 1. The van der Waals surface area contributed by atoms with Gasteiger partial charge in [-0.15, -0.1) is 11.3 Å². The van der Waals surface area contributed by atoms with Crippen molar-refractivity contribution in [2.24, 2.45) is 0 Å². The van der Waals surface area contributed by atoms with Crippen LogP contribution in [0.5, 0.6) is 0 Å². The second-order valence-electron chi connectivity index (χ2n) is 5.43. The molecular formula is C16H19ClN2O2S. The molecule has 2 aromatic rings. The third-order valence-electron chi connectivity index (χ3n) is 3.87. The van der Waals surface area contributed by atoms with E-state index < -0.39 is 6.10 Å². The fourth-order valence-electron chi connectivity index (χ4n) is 2.68. The van der Waals surface area contributed by atoms with Crippen molar-refractivity contribution >= 4 is 22.9 Å². The summed E-state index contributed by atoms with van der Waals surface area (Å²) in [6.45, 7) is 2.98. The zero-order chi connectivity index (χ0) is 15.4. The summed E-state index contributed by atoms with van der Waals surface area (Å²) in [6.07, 6.45) is 1.91. The number of aromatic nitrogens is 1. The molecule has 0 bridgehead atoms. The van der Waals surface area contributed by atoms with Gasteiger partial charge in [0.15, 0.2) is 0 Å². The van der Waals surface area contributed by atoms with Crippen molar-refractivity contribution in [3.8, 4) is 0 Å². The molecule has 2 unspecified atom stereocenters. The van der Waals surface area contributed by atoms with E-state index in [9.17, 15) is 5.11 Å². The lowest BCUT2D eigenvalue weighted by Crippen LogP contribution is -2.45. The first-order valence-electron chi connectivity index (χ1n) is 7.36. The highest BCUT2D eigenvalue weighted by atomic mass is 35.5. The summed E-state index contributed by atoms with van der Waals surface area (Å²) < 4.78 is 5.60. The standard InChI is InChI=1S/C16H19ClN2O2S/c17-12-3-4-13(18-9-12)10-19-5-6-21-11-14(19)8-15(20)16-2-1-7-22-16/h1-4,7,9,14-15,20H,5-6,8,10-11H2. The number of hydrogen-bond donors (Lipinski definition) is 1. The van der Waals surface area contributed by atoms with Crippen LogP contribution < -0.4 is 0 Å². The van der Waals surface area contributed by atoms with Gasteiger partial charge in [0.05, 0.1) is 30.0 Å². The van der Waals surface area contributed by atoms with Crippen LogP contribution in [0.25, 0.3) is 0 Å². The van der Waals surface area contributed by atoms with E-state index in [1.807, 2.05) is 29.6 Å². The molecule has 118 valence electrons. The van der Waals surface area contributed by atoms with Crippen LogP contribution in [0.15, 0.2) is 35.8 Å². The van der Waals surface area contributed by atoms with Gasteiger partial charge >= 0.3 is 0 Å². The Bertz CT molecular complexity index is 576. The zero-order valence-corrected chi connectivity index (χ0v) is 13.8. The van der Waals surface area contributed by atoms with E-state index in [1.54, 1.807) is 17.5 Å². The van der Waals surface area contributed by atoms with Gasteiger partial charge in [0, 0.05) is 30.2 Å². The summed E-state index contributed by atoms with van der Waals surface area (Å²) in [4.78, 5) is 7.70. The lowest BCUT2D eigenvalue weighted by Gasteiger charge is -2.36. The zero-order valence-electron chi connectivity index (χ0n) is 12.2. The molecule has 4 nitrogen and oxygen atoms in total. The van der Waals surface area contributed by atoms with Crippen molar-refractivity contribution in [2.75, 3.05) is 19.8 Å². The molecule has 0 aliphatic carbocycles. The molecule has 2 atom stereocenters. The van der Waals surface area contributed by atoms with E-state index >= 15 is 0 Å². The Kier molecular flexibility index (Phi) is 5.44. The summed E-state index contributed by atoms with van der Waals surface area (Å²) in [6, 6.07) is 7.95. The van der Waals surface area contributed by atoms with Gasteiger partial charge in [-0.3, -0.25) is 9.88 Å². The van der Waals surface area contributed by atoms with E-state index in [0.29, 0.717) is 18.1 Å². The SMILES string of the molecule is OC(CC1COCCN1Cc1ccc(Cl)cn1)c1cccs1. The van der Waals surface area contributed by atoms with Crippen molar-refractivity contribution in [1.82, 2.24) is 9.88 Å². The molecule has 1 fully saturated rings. The van der Waals surface area contributed by atoms with Gasteiger partial charge in [0.25, 0.3) is 0 Å². The first kappa shape index (κ1) is 15.9. The minimum Gasteiger partial charge on any atom is -0.388 e. The summed E-state index contributed by atoms with van der Waals surface area (Å²) >= 11 is 7.47. The number of pyridine rings is 1. The molecule has 0 spiro atoms. The van der Waals surface area contributed by atoms with Crippen molar-refractivity contribution in [3.63, 3.8) is 0 Å². The average molecular weight is 339 g/mol. The molecule has 0 aromatic carbocycles. The highest BCUT2D eigenvalue weighted by molar-refractivity contribution is 7.10. The second-order valence-corrected chi connectivity index (χ2v) is 6.85. The molecule has 0 saturated carbocycles. The third kappa shape index (κ3) is 4.06. The number of hydrogen-bond acceptors (Lipinski definition) is 5. The molecule has 3 rings (SSSR count). The maximum atomic E-state index is 10.4. The molecule has 1 aliphatic heterocycles. The lowest BCUT2D eigenvalue weighted by atomic mass is 10.1. The molecule has 22 heavy (non-hydrogen) atoms. The predicted molar refractivity (Wildman–Crippen MR) is 88.2 cm³/mol. The number of rotatable bonds is 5. The number of halogens is 1.